The van der Waals surface area contributed by atoms with Gasteiger partial charge in [-0.2, -0.15) is 0 Å². The van der Waals surface area contributed by atoms with E-state index in [2.05, 4.69) is 5.32 Å². The highest BCUT2D eigenvalue weighted by molar-refractivity contribution is 7.12. The van der Waals surface area contributed by atoms with Crippen LogP contribution in [0.25, 0.3) is 0 Å². The van der Waals surface area contributed by atoms with Gasteiger partial charge in [0.15, 0.2) is 11.5 Å². The van der Waals surface area contributed by atoms with E-state index >= 15 is 0 Å². The number of hydrogen-bond acceptors (Lipinski definition) is 4. The number of benzene rings is 2. The molecule has 1 aromatic heterocycles. The topological polar surface area (TPSA) is 47.6 Å². The zero-order valence-electron chi connectivity index (χ0n) is 14.1. The lowest BCUT2D eigenvalue weighted by molar-refractivity contribution is 0.103. The molecule has 1 heterocycles. The fraction of sp³-hybridized carbons (Fsp3) is 0.150. The highest BCUT2D eigenvalue weighted by Crippen LogP contribution is 2.29. The van der Waals surface area contributed by atoms with Crippen LogP contribution in [-0.4, -0.2) is 13.0 Å². The molecule has 0 spiro atoms. The number of amides is 1. The maximum absolute atomic E-state index is 12.3. The molecule has 0 saturated carbocycles. The molecule has 0 aliphatic rings. The molecule has 0 fully saturated rings. The third-order valence-corrected chi connectivity index (χ3v) is 4.60. The van der Waals surface area contributed by atoms with E-state index in [1.165, 1.54) is 11.3 Å². The van der Waals surface area contributed by atoms with E-state index in [1.54, 1.807) is 7.11 Å². The maximum atomic E-state index is 12.3. The van der Waals surface area contributed by atoms with Crippen LogP contribution in [0.2, 0.25) is 0 Å². The molecule has 0 atom stereocenters. The van der Waals surface area contributed by atoms with Gasteiger partial charge in [0, 0.05) is 11.3 Å². The van der Waals surface area contributed by atoms with E-state index < -0.39 is 0 Å². The van der Waals surface area contributed by atoms with Crippen molar-refractivity contribution in [3.05, 3.63) is 76.0 Å². The third kappa shape index (κ3) is 4.39. The minimum Gasteiger partial charge on any atom is -0.493 e. The van der Waals surface area contributed by atoms with E-state index in [4.69, 9.17) is 9.47 Å². The second-order valence-electron chi connectivity index (χ2n) is 5.58. The minimum atomic E-state index is -0.115. The van der Waals surface area contributed by atoms with Crippen LogP contribution in [0, 0.1) is 6.92 Å². The highest BCUT2D eigenvalue weighted by Gasteiger charge is 2.11. The molecule has 4 nitrogen and oxygen atoms in total. The van der Waals surface area contributed by atoms with E-state index in [9.17, 15) is 4.79 Å². The molecule has 0 radical (unpaired) electrons. The van der Waals surface area contributed by atoms with Gasteiger partial charge in [-0.3, -0.25) is 4.79 Å². The standard InChI is InChI=1S/C20H19NO3S/c1-14-8-9-17(18(10-14)23-2)24-12-15-11-19(25-13-15)20(22)21-16-6-4-3-5-7-16/h3-11,13H,12H2,1-2H3,(H,21,22). The largest absolute Gasteiger partial charge is 0.493 e. The van der Waals surface area contributed by atoms with Gasteiger partial charge in [0.1, 0.15) is 6.61 Å². The van der Waals surface area contributed by atoms with E-state index in [1.807, 2.05) is 66.9 Å². The average Bonchev–Trinajstić information content (AvgIpc) is 3.10. The molecule has 2 aromatic carbocycles. The molecule has 0 aliphatic carbocycles. The quantitative estimate of drug-likeness (QED) is 0.686. The first-order valence-corrected chi connectivity index (χ1v) is 8.75. The Morgan fingerprint density at radius 3 is 2.64 bits per heavy atom. The number of aryl methyl sites for hydroxylation is 1. The van der Waals surface area contributed by atoms with E-state index in [0.29, 0.717) is 23.0 Å². The van der Waals surface area contributed by atoms with Crippen molar-refractivity contribution >= 4 is 22.9 Å². The predicted octanol–water partition coefficient (Wildman–Crippen LogP) is 4.90. The van der Waals surface area contributed by atoms with Gasteiger partial charge < -0.3 is 14.8 Å². The van der Waals surface area contributed by atoms with Crippen LogP contribution < -0.4 is 14.8 Å². The molecule has 3 rings (SSSR count). The fourth-order valence-electron chi connectivity index (χ4n) is 2.34. The number of thiophene rings is 1. The average molecular weight is 353 g/mol. The number of hydrogen-bond donors (Lipinski definition) is 1. The smallest absolute Gasteiger partial charge is 0.265 e. The summed E-state index contributed by atoms with van der Waals surface area (Å²) in [6.07, 6.45) is 0. The van der Waals surface area contributed by atoms with Crippen LogP contribution in [0.1, 0.15) is 20.8 Å². The van der Waals surface area contributed by atoms with Crippen molar-refractivity contribution in [2.45, 2.75) is 13.5 Å². The second kappa shape index (κ2) is 7.85. The number of carbonyl (C=O) groups is 1. The molecular weight excluding hydrogens is 334 g/mol. The third-order valence-electron chi connectivity index (χ3n) is 3.62. The number of carbonyl (C=O) groups excluding carboxylic acids is 1. The lowest BCUT2D eigenvalue weighted by atomic mass is 10.2. The minimum absolute atomic E-state index is 0.115. The van der Waals surface area contributed by atoms with Crippen molar-refractivity contribution in [3.63, 3.8) is 0 Å². The number of nitrogens with one attached hydrogen (secondary N) is 1. The van der Waals surface area contributed by atoms with Gasteiger partial charge in [0.25, 0.3) is 5.91 Å². The molecule has 0 saturated heterocycles. The van der Waals surface area contributed by atoms with Crippen LogP contribution in [0.3, 0.4) is 0 Å². The van der Waals surface area contributed by atoms with Gasteiger partial charge >= 0.3 is 0 Å². The maximum Gasteiger partial charge on any atom is 0.265 e. The first-order chi connectivity index (χ1) is 12.2. The van der Waals surface area contributed by atoms with Crippen molar-refractivity contribution in [2.24, 2.45) is 0 Å². The lowest BCUT2D eigenvalue weighted by Crippen LogP contribution is -2.09. The second-order valence-corrected chi connectivity index (χ2v) is 6.49. The summed E-state index contributed by atoms with van der Waals surface area (Å²) in [5.74, 6) is 1.28. The summed E-state index contributed by atoms with van der Waals surface area (Å²) >= 11 is 1.40. The fourth-order valence-corrected chi connectivity index (χ4v) is 3.13. The van der Waals surface area contributed by atoms with Gasteiger partial charge in [0.05, 0.1) is 12.0 Å². The first-order valence-electron chi connectivity index (χ1n) is 7.87. The van der Waals surface area contributed by atoms with Crippen molar-refractivity contribution in [3.8, 4) is 11.5 Å². The number of anilines is 1. The zero-order chi connectivity index (χ0) is 17.6. The Balaban J connectivity index is 1.63. The van der Waals surface area contributed by atoms with E-state index in [0.717, 1.165) is 16.8 Å². The number of methoxy groups -OCH3 is 1. The lowest BCUT2D eigenvalue weighted by Gasteiger charge is -2.10. The molecule has 5 heteroatoms. The summed E-state index contributed by atoms with van der Waals surface area (Å²) in [6.45, 7) is 2.39. The Morgan fingerprint density at radius 1 is 1.08 bits per heavy atom. The molecule has 0 bridgehead atoms. The highest BCUT2D eigenvalue weighted by atomic mass is 32.1. The summed E-state index contributed by atoms with van der Waals surface area (Å²) in [5, 5.41) is 4.81. The van der Waals surface area contributed by atoms with Crippen molar-refractivity contribution < 1.29 is 14.3 Å². The van der Waals surface area contributed by atoms with Crippen LogP contribution >= 0.6 is 11.3 Å². The Bertz CT molecular complexity index is 858. The Hall–Kier alpha value is -2.79. The Morgan fingerprint density at radius 2 is 1.88 bits per heavy atom. The summed E-state index contributed by atoms with van der Waals surface area (Å²) in [5.41, 5.74) is 2.84. The SMILES string of the molecule is COc1cc(C)ccc1OCc1csc(C(=O)Nc2ccccc2)c1. The molecule has 25 heavy (non-hydrogen) atoms. The number of para-hydroxylation sites is 1. The first kappa shape index (κ1) is 17.0. The van der Waals surface area contributed by atoms with Crippen LogP contribution in [-0.2, 0) is 6.61 Å². The number of ether oxygens (including phenoxy) is 2. The van der Waals surface area contributed by atoms with Gasteiger partial charge in [0.2, 0.25) is 0 Å². The van der Waals surface area contributed by atoms with Crippen molar-refractivity contribution in [1.82, 2.24) is 0 Å². The zero-order valence-corrected chi connectivity index (χ0v) is 14.9. The molecular formula is C20H19NO3S. The summed E-state index contributed by atoms with van der Waals surface area (Å²) in [4.78, 5) is 12.9. The van der Waals surface area contributed by atoms with Gasteiger partial charge in [-0.05, 0) is 48.2 Å². The summed E-state index contributed by atoms with van der Waals surface area (Å²) in [6, 6.07) is 17.1. The normalized spacial score (nSPS) is 10.3. The van der Waals surface area contributed by atoms with E-state index in [-0.39, 0.29) is 5.91 Å². The van der Waals surface area contributed by atoms with Crippen molar-refractivity contribution in [1.29, 1.82) is 0 Å². The van der Waals surface area contributed by atoms with Crippen LogP contribution in [0.15, 0.2) is 60.0 Å². The molecule has 0 unspecified atom stereocenters. The van der Waals surface area contributed by atoms with Crippen molar-refractivity contribution in [2.75, 3.05) is 12.4 Å². The molecule has 0 aliphatic heterocycles. The molecule has 3 aromatic rings. The van der Waals surface area contributed by atoms with Crippen LogP contribution in [0.4, 0.5) is 5.69 Å². The van der Waals surface area contributed by atoms with Gasteiger partial charge in [-0.15, -0.1) is 11.3 Å². The number of rotatable bonds is 6. The molecule has 1 amide bonds. The molecule has 128 valence electrons. The van der Waals surface area contributed by atoms with Crippen LogP contribution in [0.5, 0.6) is 11.5 Å². The Kier molecular flexibility index (Phi) is 5.36. The van der Waals surface area contributed by atoms with Gasteiger partial charge in [-0.1, -0.05) is 24.3 Å². The van der Waals surface area contributed by atoms with Gasteiger partial charge in [-0.25, -0.2) is 0 Å². The molecule has 1 N–H and O–H groups in total. The Labute approximate surface area is 151 Å². The summed E-state index contributed by atoms with van der Waals surface area (Å²) < 4.78 is 11.2. The predicted molar refractivity (Wildman–Crippen MR) is 101 cm³/mol. The summed E-state index contributed by atoms with van der Waals surface area (Å²) in [7, 11) is 1.62. The monoisotopic (exact) mass is 353 g/mol.